The van der Waals surface area contributed by atoms with Gasteiger partial charge < -0.3 is 10.0 Å². The average Bonchev–Trinajstić information content (AvgIpc) is 2.86. The predicted octanol–water partition coefficient (Wildman–Crippen LogP) is 3.22. The quantitative estimate of drug-likeness (QED) is 0.655. The van der Waals surface area contributed by atoms with Gasteiger partial charge in [-0.05, 0) is 43.9 Å². The first kappa shape index (κ1) is 17.8. The molecule has 1 N–H and O–H groups in total. The second-order valence-electron chi connectivity index (χ2n) is 7.58. The molecule has 2 aliphatic heterocycles. The van der Waals surface area contributed by atoms with Gasteiger partial charge in [-0.3, -0.25) is 9.59 Å². The Morgan fingerprint density at radius 3 is 2.04 bits per heavy atom. The highest BCUT2D eigenvalue weighted by Crippen LogP contribution is 2.41. The third-order valence-electron chi connectivity index (χ3n) is 5.92. The number of benzene rings is 1. The number of carboxylic acids is 1. The predicted molar refractivity (Wildman–Crippen MR) is 102 cm³/mol. The van der Waals surface area contributed by atoms with E-state index in [9.17, 15) is 19.5 Å². The fraction of sp³-hybridized carbons (Fsp3) is 0.476. The van der Waals surface area contributed by atoms with E-state index in [0.29, 0.717) is 18.5 Å². The second kappa shape index (κ2) is 7.18. The van der Waals surface area contributed by atoms with Crippen molar-refractivity contribution in [3.63, 3.8) is 0 Å². The van der Waals surface area contributed by atoms with Crippen molar-refractivity contribution in [2.45, 2.75) is 38.5 Å². The monoisotopic (exact) mass is 368 g/mol. The van der Waals surface area contributed by atoms with Crippen LogP contribution in [0.2, 0.25) is 0 Å². The van der Waals surface area contributed by atoms with E-state index in [4.69, 9.17) is 0 Å². The zero-order chi connectivity index (χ0) is 19.0. The van der Waals surface area contributed by atoms with Crippen molar-refractivity contribution in [2.24, 2.45) is 11.8 Å². The molecule has 1 aliphatic carbocycles. The van der Waals surface area contributed by atoms with Gasteiger partial charge in [0.15, 0.2) is 0 Å². The number of amides is 2. The lowest BCUT2D eigenvalue weighted by molar-refractivity contribution is -0.122. The Kier molecular flexibility index (Phi) is 4.72. The minimum atomic E-state index is -1.06. The number of anilines is 2. The maximum atomic E-state index is 13.0. The molecule has 2 heterocycles. The number of hydrogen-bond acceptors (Lipinski definition) is 4. The molecule has 2 atom stereocenters. The fourth-order valence-electron chi connectivity index (χ4n) is 4.45. The van der Waals surface area contributed by atoms with Crippen LogP contribution in [0.5, 0.6) is 0 Å². The summed E-state index contributed by atoms with van der Waals surface area (Å²) < 4.78 is 0. The molecule has 0 saturated carbocycles. The molecule has 3 aliphatic rings. The van der Waals surface area contributed by atoms with Gasteiger partial charge in [0.25, 0.3) is 0 Å². The second-order valence-corrected chi connectivity index (χ2v) is 7.58. The first-order valence-electron chi connectivity index (χ1n) is 9.73. The average molecular weight is 368 g/mol. The van der Waals surface area contributed by atoms with E-state index < -0.39 is 5.97 Å². The molecule has 142 valence electrons. The third kappa shape index (κ3) is 3.13. The molecule has 2 fully saturated rings. The van der Waals surface area contributed by atoms with E-state index in [-0.39, 0.29) is 29.2 Å². The summed E-state index contributed by atoms with van der Waals surface area (Å²) in [5, 5.41) is 9.42. The largest absolute Gasteiger partial charge is 0.478 e. The van der Waals surface area contributed by atoms with Crippen molar-refractivity contribution in [3.05, 3.63) is 35.9 Å². The fourth-order valence-corrected chi connectivity index (χ4v) is 4.45. The molecule has 0 radical (unpaired) electrons. The molecule has 2 saturated heterocycles. The number of fused-ring (bicyclic) bond motifs is 1. The lowest BCUT2D eigenvalue weighted by atomic mass is 9.85. The standard InChI is InChI=1S/C21H24N2O4/c24-19-15-7-3-4-8-16(15)20(25)23(19)18-13-14(21(26)27)9-10-17(18)22-11-5-1-2-6-12-22/h3-4,9-10,13,15-16H,1-2,5-8,11-12H2,(H,26,27)/t15-,16-/m0/s1. The number of carbonyl (C=O) groups is 3. The van der Waals surface area contributed by atoms with Gasteiger partial charge >= 0.3 is 5.97 Å². The Balaban J connectivity index is 1.77. The maximum absolute atomic E-state index is 13.0. The molecule has 0 unspecified atom stereocenters. The number of carbonyl (C=O) groups excluding carboxylic acids is 2. The van der Waals surface area contributed by atoms with Gasteiger partial charge in [-0.2, -0.15) is 0 Å². The molecule has 27 heavy (non-hydrogen) atoms. The Labute approximate surface area is 158 Å². The molecule has 0 bridgehead atoms. The minimum Gasteiger partial charge on any atom is -0.478 e. The smallest absolute Gasteiger partial charge is 0.335 e. The van der Waals surface area contributed by atoms with E-state index in [2.05, 4.69) is 4.90 Å². The first-order chi connectivity index (χ1) is 13.1. The molecule has 0 aromatic heterocycles. The van der Waals surface area contributed by atoms with Crippen LogP contribution in [0.1, 0.15) is 48.9 Å². The van der Waals surface area contributed by atoms with Crippen LogP contribution >= 0.6 is 0 Å². The minimum absolute atomic E-state index is 0.0946. The highest BCUT2D eigenvalue weighted by atomic mass is 16.4. The van der Waals surface area contributed by atoms with E-state index in [0.717, 1.165) is 44.5 Å². The Bertz CT molecular complexity index is 782. The van der Waals surface area contributed by atoms with E-state index in [1.165, 1.54) is 11.0 Å². The van der Waals surface area contributed by atoms with Crippen LogP contribution in [0.4, 0.5) is 11.4 Å². The number of aromatic carboxylic acids is 1. The number of nitrogens with zero attached hydrogens (tertiary/aromatic N) is 2. The van der Waals surface area contributed by atoms with Gasteiger partial charge in [0.2, 0.25) is 11.8 Å². The summed E-state index contributed by atoms with van der Waals surface area (Å²) in [5.41, 5.74) is 1.31. The lowest BCUT2D eigenvalue weighted by Gasteiger charge is -2.28. The van der Waals surface area contributed by atoms with Gasteiger partial charge in [0, 0.05) is 13.1 Å². The van der Waals surface area contributed by atoms with Gasteiger partial charge in [0.05, 0.1) is 28.8 Å². The number of allylic oxidation sites excluding steroid dienone is 2. The van der Waals surface area contributed by atoms with Crippen molar-refractivity contribution < 1.29 is 19.5 Å². The summed E-state index contributed by atoms with van der Waals surface area (Å²) in [4.78, 5) is 41.0. The summed E-state index contributed by atoms with van der Waals surface area (Å²) in [6.07, 6.45) is 9.49. The normalized spacial score (nSPS) is 25.5. The zero-order valence-electron chi connectivity index (χ0n) is 15.3. The van der Waals surface area contributed by atoms with Crippen LogP contribution in [-0.4, -0.2) is 36.0 Å². The SMILES string of the molecule is O=C(O)c1ccc(N2CCCCCC2)c(N2C(=O)[C@H]3CC=CC[C@@H]3C2=O)c1. The van der Waals surface area contributed by atoms with Crippen LogP contribution < -0.4 is 9.80 Å². The lowest BCUT2D eigenvalue weighted by Crippen LogP contribution is -2.34. The Morgan fingerprint density at radius 1 is 0.889 bits per heavy atom. The van der Waals surface area contributed by atoms with Gasteiger partial charge in [-0.25, -0.2) is 9.69 Å². The molecule has 1 aromatic rings. The molecule has 4 rings (SSSR count). The summed E-state index contributed by atoms with van der Waals surface area (Å²) in [7, 11) is 0. The van der Waals surface area contributed by atoms with Crippen molar-refractivity contribution in [2.75, 3.05) is 22.9 Å². The van der Waals surface area contributed by atoms with Crippen molar-refractivity contribution >= 4 is 29.2 Å². The van der Waals surface area contributed by atoms with Gasteiger partial charge in [-0.1, -0.05) is 25.0 Å². The van der Waals surface area contributed by atoms with Gasteiger partial charge in [-0.15, -0.1) is 0 Å². The topological polar surface area (TPSA) is 77.9 Å². The third-order valence-corrected chi connectivity index (χ3v) is 5.92. The number of rotatable bonds is 3. The Hall–Kier alpha value is -2.63. The van der Waals surface area contributed by atoms with Crippen molar-refractivity contribution in [3.8, 4) is 0 Å². The number of imide groups is 1. The molecule has 6 nitrogen and oxygen atoms in total. The van der Waals surface area contributed by atoms with Crippen LogP contribution in [0.25, 0.3) is 0 Å². The summed E-state index contributed by atoms with van der Waals surface area (Å²) in [6, 6.07) is 4.81. The highest BCUT2D eigenvalue weighted by Gasteiger charge is 2.48. The molecular formula is C21H24N2O4. The molecule has 2 amide bonds. The van der Waals surface area contributed by atoms with Gasteiger partial charge in [0.1, 0.15) is 0 Å². The van der Waals surface area contributed by atoms with Crippen molar-refractivity contribution in [1.82, 2.24) is 0 Å². The summed E-state index contributed by atoms with van der Waals surface area (Å²) in [5.74, 6) is -2.11. The van der Waals surface area contributed by atoms with E-state index >= 15 is 0 Å². The molecular weight excluding hydrogens is 344 g/mol. The zero-order valence-corrected chi connectivity index (χ0v) is 15.3. The molecule has 6 heteroatoms. The van der Waals surface area contributed by atoms with Crippen LogP contribution in [0.15, 0.2) is 30.4 Å². The van der Waals surface area contributed by atoms with E-state index in [1.807, 2.05) is 12.2 Å². The first-order valence-corrected chi connectivity index (χ1v) is 9.73. The van der Waals surface area contributed by atoms with Crippen molar-refractivity contribution in [1.29, 1.82) is 0 Å². The number of carboxylic acid groups (broad SMARTS) is 1. The van der Waals surface area contributed by atoms with Crippen LogP contribution in [0.3, 0.4) is 0 Å². The summed E-state index contributed by atoms with van der Waals surface area (Å²) in [6.45, 7) is 1.70. The molecule has 1 aromatic carbocycles. The maximum Gasteiger partial charge on any atom is 0.335 e. The summed E-state index contributed by atoms with van der Waals surface area (Å²) >= 11 is 0. The number of hydrogen-bond donors (Lipinski definition) is 1. The van der Waals surface area contributed by atoms with Crippen LogP contribution in [-0.2, 0) is 9.59 Å². The van der Waals surface area contributed by atoms with E-state index in [1.54, 1.807) is 12.1 Å². The van der Waals surface area contributed by atoms with Crippen LogP contribution in [0, 0.1) is 11.8 Å². The molecule has 0 spiro atoms. The highest BCUT2D eigenvalue weighted by molar-refractivity contribution is 6.23. The Morgan fingerprint density at radius 2 is 1.48 bits per heavy atom.